The van der Waals surface area contributed by atoms with Crippen LogP contribution in [0.5, 0.6) is 0 Å². The van der Waals surface area contributed by atoms with Crippen molar-refractivity contribution in [3.63, 3.8) is 0 Å². The molecule has 0 bridgehead atoms. The average molecular weight is 212 g/mol. The SMILES string of the molecule is C[C@H]1CNCCN1C(=O)c1csnn1. The van der Waals surface area contributed by atoms with Crippen molar-refractivity contribution in [2.45, 2.75) is 13.0 Å². The minimum absolute atomic E-state index is 0.00671. The van der Waals surface area contributed by atoms with Crippen LogP contribution in [0.2, 0.25) is 0 Å². The average Bonchev–Trinajstić information content (AvgIpc) is 2.70. The Labute approximate surface area is 86.3 Å². The van der Waals surface area contributed by atoms with E-state index in [-0.39, 0.29) is 11.9 Å². The summed E-state index contributed by atoms with van der Waals surface area (Å²) in [4.78, 5) is 13.7. The Hall–Kier alpha value is -1.01. The van der Waals surface area contributed by atoms with E-state index in [2.05, 4.69) is 14.9 Å². The summed E-state index contributed by atoms with van der Waals surface area (Å²) in [7, 11) is 0. The zero-order valence-electron chi connectivity index (χ0n) is 7.93. The van der Waals surface area contributed by atoms with Gasteiger partial charge in [-0.15, -0.1) is 5.10 Å². The highest BCUT2D eigenvalue weighted by atomic mass is 32.1. The van der Waals surface area contributed by atoms with Crippen LogP contribution in [0.1, 0.15) is 17.4 Å². The highest BCUT2D eigenvalue weighted by Gasteiger charge is 2.25. The molecule has 0 saturated carbocycles. The molecule has 1 amide bonds. The molecule has 14 heavy (non-hydrogen) atoms. The second kappa shape index (κ2) is 4.02. The van der Waals surface area contributed by atoms with Gasteiger partial charge >= 0.3 is 0 Å². The van der Waals surface area contributed by atoms with Crippen molar-refractivity contribution in [2.24, 2.45) is 0 Å². The molecule has 6 heteroatoms. The van der Waals surface area contributed by atoms with Crippen LogP contribution in [0.3, 0.4) is 0 Å². The molecule has 1 fully saturated rings. The first-order valence-corrected chi connectivity index (χ1v) is 5.41. The van der Waals surface area contributed by atoms with Crippen LogP contribution in [0.25, 0.3) is 0 Å². The number of hydrogen-bond acceptors (Lipinski definition) is 5. The fourth-order valence-corrected chi connectivity index (χ4v) is 1.98. The predicted octanol–water partition coefficient (Wildman–Crippen LogP) is -0.0280. The van der Waals surface area contributed by atoms with E-state index >= 15 is 0 Å². The lowest BCUT2D eigenvalue weighted by Crippen LogP contribution is -2.52. The van der Waals surface area contributed by atoms with Gasteiger partial charge in [-0.3, -0.25) is 4.79 Å². The van der Waals surface area contributed by atoms with Crippen LogP contribution in [-0.2, 0) is 0 Å². The Balaban J connectivity index is 2.10. The molecule has 1 aromatic rings. The van der Waals surface area contributed by atoms with Gasteiger partial charge in [0.05, 0.1) is 0 Å². The molecule has 1 aromatic heterocycles. The van der Waals surface area contributed by atoms with Gasteiger partial charge in [0.1, 0.15) is 0 Å². The minimum Gasteiger partial charge on any atom is -0.332 e. The molecule has 5 nitrogen and oxygen atoms in total. The summed E-state index contributed by atoms with van der Waals surface area (Å²) in [6.07, 6.45) is 0. The number of nitrogens with zero attached hydrogens (tertiary/aromatic N) is 3. The summed E-state index contributed by atoms with van der Waals surface area (Å²) < 4.78 is 3.69. The normalized spacial score (nSPS) is 22.4. The van der Waals surface area contributed by atoms with Crippen LogP contribution >= 0.6 is 11.5 Å². The van der Waals surface area contributed by atoms with Gasteiger partial charge in [-0.2, -0.15) is 0 Å². The summed E-state index contributed by atoms with van der Waals surface area (Å²) >= 11 is 1.21. The van der Waals surface area contributed by atoms with Crippen LogP contribution in [0.15, 0.2) is 5.38 Å². The monoisotopic (exact) mass is 212 g/mol. The van der Waals surface area contributed by atoms with Crippen molar-refractivity contribution in [1.82, 2.24) is 19.8 Å². The fourth-order valence-electron chi connectivity index (χ4n) is 1.55. The molecule has 1 N–H and O–H groups in total. The first kappa shape index (κ1) is 9.54. The largest absolute Gasteiger partial charge is 0.332 e. The summed E-state index contributed by atoms with van der Waals surface area (Å²) in [6.45, 7) is 4.48. The lowest BCUT2D eigenvalue weighted by molar-refractivity contribution is 0.0649. The van der Waals surface area contributed by atoms with Crippen LogP contribution in [-0.4, -0.2) is 46.1 Å². The standard InChI is InChI=1S/C8H12N4OS/c1-6-4-9-2-3-12(6)8(13)7-5-14-11-10-7/h5-6,9H,2-4H2,1H3/t6-/m0/s1. The number of hydrogen-bond donors (Lipinski definition) is 1. The number of carbonyl (C=O) groups excluding carboxylic acids is 1. The molecule has 1 aliphatic heterocycles. The summed E-state index contributed by atoms with van der Waals surface area (Å²) in [5.41, 5.74) is 0.462. The number of rotatable bonds is 1. The quantitative estimate of drug-likeness (QED) is 0.710. The molecule has 76 valence electrons. The molecule has 2 rings (SSSR count). The van der Waals surface area contributed by atoms with Gasteiger partial charge in [0.15, 0.2) is 5.69 Å². The second-order valence-corrected chi connectivity index (χ2v) is 3.95. The van der Waals surface area contributed by atoms with E-state index in [1.165, 1.54) is 11.5 Å². The molecule has 0 unspecified atom stereocenters. The smallest absolute Gasteiger partial charge is 0.275 e. The predicted molar refractivity (Wildman–Crippen MR) is 53.3 cm³/mol. The van der Waals surface area contributed by atoms with Gasteiger partial charge in [-0.1, -0.05) is 4.49 Å². The summed E-state index contributed by atoms with van der Waals surface area (Å²) in [6, 6.07) is 0.234. The molecule has 0 spiro atoms. The zero-order chi connectivity index (χ0) is 9.97. The first-order valence-electron chi connectivity index (χ1n) is 4.58. The van der Waals surface area contributed by atoms with Crippen LogP contribution < -0.4 is 5.32 Å². The van der Waals surface area contributed by atoms with E-state index in [4.69, 9.17) is 0 Å². The Morgan fingerprint density at radius 3 is 3.29 bits per heavy atom. The number of aromatic nitrogens is 2. The third kappa shape index (κ3) is 1.76. The van der Waals surface area contributed by atoms with Gasteiger partial charge in [-0.25, -0.2) is 0 Å². The van der Waals surface area contributed by atoms with Crippen molar-refractivity contribution in [3.8, 4) is 0 Å². The van der Waals surface area contributed by atoms with Crippen molar-refractivity contribution in [2.75, 3.05) is 19.6 Å². The Morgan fingerprint density at radius 2 is 2.64 bits per heavy atom. The van der Waals surface area contributed by atoms with Crippen molar-refractivity contribution in [1.29, 1.82) is 0 Å². The Bertz CT molecular complexity index is 313. The van der Waals surface area contributed by atoms with Crippen LogP contribution in [0.4, 0.5) is 0 Å². The van der Waals surface area contributed by atoms with Gasteiger partial charge in [0.2, 0.25) is 0 Å². The minimum atomic E-state index is -0.00671. The topological polar surface area (TPSA) is 58.1 Å². The van der Waals surface area contributed by atoms with Gasteiger partial charge in [0.25, 0.3) is 5.91 Å². The van der Waals surface area contributed by atoms with Gasteiger partial charge in [0, 0.05) is 31.1 Å². The van der Waals surface area contributed by atoms with Crippen molar-refractivity contribution in [3.05, 3.63) is 11.1 Å². The van der Waals surface area contributed by atoms with E-state index in [9.17, 15) is 4.79 Å². The molecular weight excluding hydrogens is 200 g/mol. The maximum absolute atomic E-state index is 11.9. The molecule has 1 saturated heterocycles. The number of carbonyl (C=O) groups is 1. The van der Waals surface area contributed by atoms with Gasteiger partial charge < -0.3 is 10.2 Å². The Kier molecular flexibility index (Phi) is 2.74. The molecule has 0 aromatic carbocycles. The molecule has 0 radical (unpaired) electrons. The van der Waals surface area contributed by atoms with E-state index in [1.54, 1.807) is 5.38 Å². The van der Waals surface area contributed by atoms with E-state index in [0.717, 1.165) is 19.6 Å². The van der Waals surface area contributed by atoms with Gasteiger partial charge in [-0.05, 0) is 18.5 Å². The second-order valence-electron chi connectivity index (χ2n) is 3.34. The Morgan fingerprint density at radius 1 is 1.79 bits per heavy atom. The molecule has 2 heterocycles. The number of piperazine rings is 1. The molecular formula is C8H12N4OS. The molecule has 0 aliphatic carbocycles. The number of nitrogens with one attached hydrogen (secondary N) is 1. The summed E-state index contributed by atoms with van der Waals surface area (Å²) in [5, 5.41) is 8.71. The number of amides is 1. The fraction of sp³-hybridized carbons (Fsp3) is 0.625. The highest BCUT2D eigenvalue weighted by molar-refractivity contribution is 7.03. The maximum Gasteiger partial charge on any atom is 0.275 e. The van der Waals surface area contributed by atoms with Crippen LogP contribution in [0, 0.1) is 0 Å². The molecule has 1 aliphatic rings. The first-order chi connectivity index (χ1) is 6.79. The van der Waals surface area contributed by atoms with Crippen molar-refractivity contribution < 1.29 is 4.79 Å². The summed E-state index contributed by atoms with van der Waals surface area (Å²) in [5.74, 6) is -0.00671. The van der Waals surface area contributed by atoms with E-state index in [0.29, 0.717) is 5.69 Å². The lowest BCUT2D eigenvalue weighted by atomic mass is 10.2. The molecule has 1 atom stereocenters. The third-order valence-electron chi connectivity index (χ3n) is 2.34. The lowest BCUT2D eigenvalue weighted by Gasteiger charge is -2.33. The zero-order valence-corrected chi connectivity index (χ0v) is 8.75. The third-order valence-corrected chi connectivity index (χ3v) is 2.85. The van der Waals surface area contributed by atoms with E-state index < -0.39 is 0 Å². The van der Waals surface area contributed by atoms with E-state index in [1.807, 2.05) is 11.8 Å². The van der Waals surface area contributed by atoms with Crippen molar-refractivity contribution >= 4 is 17.4 Å². The maximum atomic E-state index is 11.9. The highest BCUT2D eigenvalue weighted by Crippen LogP contribution is 2.08.